The van der Waals surface area contributed by atoms with Crippen molar-refractivity contribution in [2.45, 2.75) is 6.42 Å². The van der Waals surface area contributed by atoms with Crippen LogP contribution in [0.25, 0.3) is 22.2 Å². The van der Waals surface area contributed by atoms with Gasteiger partial charge in [0.15, 0.2) is 0 Å². The highest BCUT2D eigenvalue weighted by Crippen LogP contribution is 2.33. The fourth-order valence-electron chi connectivity index (χ4n) is 3.57. The predicted octanol–water partition coefficient (Wildman–Crippen LogP) is 3.99. The number of benzene rings is 2. The molecule has 0 bridgehead atoms. The number of fused-ring (bicyclic) bond motifs is 1. The van der Waals surface area contributed by atoms with Gasteiger partial charge in [-0.15, -0.1) is 0 Å². The minimum absolute atomic E-state index is 0.151. The van der Waals surface area contributed by atoms with E-state index in [4.69, 9.17) is 5.11 Å². The van der Waals surface area contributed by atoms with Crippen molar-refractivity contribution in [2.75, 3.05) is 26.2 Å². The Hall–Kier alpha value is -2.50. The van der Waals surface area contributed by atoms with E-state index in [0.29, 0.717) is 6.54 Å². The maximum atomic E-state index is 13.9. The first kappa shape index (κ1) is 16.9. The summed E-state index contributed by atoms with van der Waals surface area (Å²) in [6, 6.07) is 11.1. The van der Waals surface area contributed by atoms with Crippen LogP contribution < -0.4 is 0 Å². The van der Waals surface area contributed by atoms with E-state index >= 15 is 0 Å². The molecule has 0 saturated heterocycles. The summed E-state index contributed by atoms with van der Waals surface area (Å²) < 4.78 is 29.1. The Morgan fingerprint density at radius 2 is 1.77 bits per heavy atom. The molecule has 0 amide bonds. The summed E-state index contributed by atoms with van der Waals surface area (Å²) in [5.74, 6) is -0.552. The number of aliphatic hydroxyl groups is 1. The van der Waals surface area contributed by atoms with E-state index in [0.717, 1.165) is 41.7 Å². The number of hydrogen-bond donors (Lipinski definition) is 1. The van der Waals surface area contributed by atoms with Gasteiger partial charge in [-0.05, 0) is 54.5 Å². The van der Waals surface area contributed by atoms with Crippen molar-refractivity contribution in [3.8, 4) is 5.69 Å². The largest absolute Gasteiger partial charge is 0.395 e. The van der Waals surface area contributed by atoms with Crippen LogP contribution in [0.5, 0.6) is 0 Å². The minimum Gasteiger partial charge on any atom is -0.395 e. The lowest BCUT2D eigenvalue weighted by Crippen LogP contribution is -2.31. The SMILES string of the molecule is OCCN1CC=C(c2cn(-c3ccc(F)cc3)c3ccc(F)cc23)CC1. The third-order valence-electron chi connectivity index (χ3n) is 4.93. The van der Waals surface area contributed by atoms with Gasteiger partial charge in [0.2, 0.25) is 0 Å². The molecule has 5 heteroatoms. The number of rotatable bonds is 4. The summed E-state index contributed by atoms with van der Waals surface area (Å²) in [5, 5.41) is 9.95. The molecule has 0 radical (unpaired) electrons. The molecule has 3 aromatic rings. The maximum absolute atomic E-state index is 13.9. The second kappa shape index (κ2) is 7.02. The van der Waals surface area contributed by atoms with Gasteiger partial charge in [-0.1, -0.05) is 6.08 Å². The molecule has 134 valence electrons. The van der Waals surface area contributed by atoms with E-state index in [1.54, 1.807) is 24.3 Å². The number of nitrogens with zero attached hydrogens (tertiary/aromatic N) is 2. The van der Waals surface area contributed by atoms with Crippen LogP contribution >= 0.6 is 0 Å². The first-order valence-corrected chi connectivity index (χ1v) is 8.75. The maximum Gasteiger partial charge on any atom is 0.123 e. The quantitative estimate of drug-likeness (QED) is 0.767. The number of hydrogen-bond acceptors (Lipinski definition) is 2. The van der Waals surface area contributed by atoms with E-state index < -0.39 is 0 Å². The lowest BCUT2D eigenvalue weighted by Gasteiger charge is -2.25. The molecule has 0 fully saturated rings. The van der Waals surface area contributed by atoms with Crippen molar-refractivity contribution in [3.05, 3.63) is 71.9 Å². The second-order valence-corrected chi connectivity index (χ2v) is 6.55. The molecule has 2 aromatic carbocycles. The first-order chi connectivity index (χ1) is 12.7. The van der Waals surface area contributed by atoms with Crippen LogP contribution in [0.2, 0.25) is 0 Å². The highest BCUT2D eigenvalue weighted by atomic mass is 19.1. The van der Waals surface area contributed by atoms with Crippen molar-refractivity contribution in [1.82, 2.24) is 9.47 Å². The summed E-state index contributed by atoms with van der Waals surface area (Å²) >= 11 is 0. The Morgan fingerprint density at radius 3 is 2.46 bits per heavy atom. The van der Waals surface area contributed by atoms with Gasteiger partial charge in [0, 0.05) is 42.5 Å². The molecule has 0 spiro atoms. The van der Waals surface area contributed by atoms with Gasteiger partial charge in [0.1, 0.15) is 11.6 Å². The monoisotopic (exact) mass is 354 g/mol. The van der Waals surface area contributed by atoms with Crippen LogP contribution in [-0.4, -0.2) is 40.8 Å². The van der Waals surface area contributed by atoms with E-state index in [-0.39, 0.29) is 18.2 Å². The summed E-state index contributed by atoms with van der Waals surface area (Å²) in [4.78, 5) is 2.18. The van der Waals surface area contributed by atoms with Crippen molar-refractivity contribution in [3.63, 3.8) is 0 Å². The number of halogens is 2. The number of aliphatic hydroxyl groups excluding tert-OH is 1. The Bertz CT molecular complexity index is 960. The van der Waals surface area contributed by atoms with E-state index in [9.17, 15) is 8.78 Å². The molecule has 1 aliphatic rings. The highest BCUT2D eigenvalue weighted by molar-refractivity contribution is 5.94. The van der Waals surface area contributed by atoms with Crippen LogP contribution in [0.1, 0.15) is 12.0 Å². The zero-order valence-electron chi connectivity index (χ0n) is 14.3. The summed E-state index contributed by atoms with van der Waals surface area (Å²) in [6.07, 6.45) is 5.00. The van der Waals surface area contributed by atoms with Gasteiger partial charge in [0.25, 0.3) is 0 Å². The average molecular weight is 354 g/mol. The number of β-amino-alcohol motifs (C(OH)–C–C–N with tert-alkyl or cyclic N) is 1. The van der Waals surface area contributed by atoms with E-state index in [1.807, 2.05) is 10.8 Å². The molecule has 3 nitrogen and oxygen atoms in total. The van der Waals surface area contributed by atoms with Gasteiger partial charge in [-0.2, -0.15) is 0 Å². The smallest absolute Gasteiger partial charge is 0.123 e. The van der Waals surface area contributed by atoms with E-state index in [2.05, 4.69) is 11.0 Å². The molecular formula is C21H20F2N2O. The molecular weight excluding hydrogens is 334 g/mol. The summed E-state index contributed by atoms with van der Waals surface area (Å²) in [7, 11) is 0. The topological polar surface area (TPSA) is 28.4 Å². The van der Waals surface area contributed by atoms with Crippen molar-refractivity contribution in [1.29, 1.82) is 0 Å². The molecule has 0 atom stereocenters. The van der Waals surface area contributed by atoms with Crippen LogP contribution in [0, 0.1) is 11.6 Å². The Balaban J connectivity index is 1.80. The lowest BCUT2D eigenvalue weighted by molar-refractivity contribution is 0.208. The van der Waals surface area contributed by atoms with Gasteiger partial charge in [-0.25, -0.2) is 8.78 Å². The molecule has 1 N–H and O–H groups in total. The molecule has 1 aliphatic heterocycles. The molecule has 1 aromatic heterocycles. The third-order valence-corrected chi connectivity index (χ3v) is 4.93. The van der Waals surface area contributed by atoms with Gasteiger partial charge < -0.3 is 9.67 Å². The number of aromatic nitrogens is 1. The van der Waals surface area contributed by atoms with Crippen molar-refractivity contribution in [2.24, 2.45) is 0 Å². The van der Waals surface area contributed by atoms with Crippen LogP contribution in [-0.2, 0) is 0 Å². The van der Waals surface area contributed by atoms with Gasteiger partial charge in [-0.3, -0.25) is 4.90 Å². The van der Waals surface area contributed by atoms with Crippen molar-refractivity contribution < 1.29 is 13.9 Å². The molecule has 0 aliphatic carbocycles. The summed E-state index contributed by atoms with van der Waals surface area (Å²) in [5.41, 5.74) is 3.92. The minimum atomic E-state index is -0.282. The first-order valence-electron chi connectivity index (χ1n) is 8.75. The standard InChI is InChI=1S/C21H20F2N2O/c22-16-1-4-18(5-2-16)25-14-20(19-13-17(23)3-6-21(19)25)15-7-9-24(10-8-15)11-12-26/h1-7,13-14,26H,8-12H2. The normalized spacial score (nSPS) is 15.4. The average Bonchev–Trinajstić information content (AvgIpc) is 3.02. The zero-order valence-corrected chi connectivity index (χ0v) is 14.3. The van der Waals surface area contributed by atoms with Crippen LogP contribution in [0.3, 0.4) is 0 Å². The Kier molecular flexibility index (Phi) is 4.57. The highest BCUT2D eigenvalue weighted by Gasteiger charge is 2.18. The Labute approximate surface area is 150 Å². The van der Waals surface area contributed by atoms with Gasteiger partial charge in [0.05, 0.1) is 12.1 Å². The third kappa shape index (κ3) is 3.16. The molecule has 2 heterocycles. The second-order valence-electron chi connectivity index (χ2n) is 6.55. The molecule has 0 unspecified atom stereocenters. The van der Waals surface area contributed by atoms with Crippen LogP contribution in [0.15, 0.2) is 54.7 Å². The van der Waals surface area contributed by atoms with Crippen molar-refractivity contribution >= 4 is 16.5 Å². The predicted molar refractivity (Wildman–Crippen MR) is 99.3 cm³/mol. The fraction of sp³-hybridized carbons (Fsp3) is 0.238. The lowest BCUT2D eigenvalue weighted by atomic mass is 9.99. The fourth-order valence-corrected chi connectivity index (χ4v) is 3.57. The Morgan fingerprint density at radius 1 is 1.00 bits per heavy atom. The van der Waals surface area contributed by atoms with Gasteiger partial charge >= 0.3 is 0 Å². The van der Waals surface area contributed by atoms with E-state index in [1.165, 1.54) is 23.8 Å². The van der Waals surface area contributed by atoms with Crippen LogP contribution in [0.4, 0.5) is 8.78 Å². The molecule has 4 rings (SSSR count). The molecule has 0 saturated carbocycles. The molecule has 26 heavy (non-hydrogen) atoms. The zero-order chi connectivity index (χ0) is 18.1. The summed E-state index contributed by atoms with van der Waals surface area (Å²) in [6.45, 7) is 2.45.